The highest BCUT2D eigenvalue weighted by Gasteiger charge is 2.12. The van der Waals surface area contributed by atoms with Gasteiger partial charge in [0, 0.05) is 23.4 Å². The largest absolute Gasteiger partial charge is 0.312 e. The van der Waals surface area contributed by atoms with Crippen molar-refractivity contribution in [3.05, 3.63) is 35.4 Å². The zero-order chi connectivity index (χ0) is 15.2. The van der Waals surface area contributed by atoms with Crippen LogP contribution in [0, 0.1) is 11.7 Å². The van der Waals surface area contributed by atoms with Gasteiger partial charge in [-0.15, -0.1) is 0 Å². The molecule has 0 radical (unpaired) electrons. The molecule has 0 aliphatic heterocycles. The number of hydrogen-bond acceptors (Lipinski definition) is 5. The van der Waals surface area contributed by atoms with Gasteiger partial charge in [0.1, 0.15) is 11.6 Å². The number of hydrogen-bond donors (Lipinski definition) is 1. The Morgan fingerprint density at radius 2 is 2.19 bits per heavy atom. The summed E-state index contributed by atoms with van der Waals surface area (Å²) in [5, 5.41) is 3.30. The molecule has 0 spiro atoms. The summed E-state index contributed by atoms with van der Waals surface area (Å²) < 4.78 is 19.2. The summed E-state index contributed by atoms with van der Waals surface area (Å²) in [6.45, 7) is 7.71. The first-order valence-corrected chi connectivity index (χ1v) is 8.67. The van der Waals surface area contributed by atoms with Crippen LogP contribution in [-0.2, 0) is 13.0 Å². The predicted octanol–water partition coefficient (Wildman–Crippen LogP) is 4.14. The van der Waals surface area contributed by atoms with Gasteiger partial charge in [-0.25, -0.2) is 9.37 Å². The van der Waals surface area contributed by atoms with Gasteiger partial charge in [0.05, 0.1) is 0 Å². The van der Waals surface area contributed by atoms with Crippen molar-refractivity contribution >= 4 is 23.3 Å². The lowest BCUT2D eigenvalue weighted by molar-refractivity contribution is 0.530. The molecule has 6 heteroatoms. The number of aromatic nitrogens is 2. The van der Waals surface area contributed by atoms with Crippen LogP contribution in [0.25, 0.3) is 0 Å². The van der Waals surface area contributed by atoms with E-state index in [1.165, 1.54) is 29.4 Å². The number of aryl methyl sites for hydroxylation is 1. The Labute approximate surface area is 133 Å². The molecule has 21 heavy (non-hydrogen) atoms. The Morgan fingerprint density at radius 1 is 1.38 bits per heavy atom. The lowest BCUT2D eigenvalue weighted by Crippen LogP contribution is -2.20. The molecule has 3 nitrogen and oxygen atoms in total. The molecule has 1 aromatic heterocycles. The van der Waals surface area contributed by atoms with E-state index in [1.54, 1.807) is 6.07 Å². The summed E-state index contributed by atoms with van der Waals surface area (Å²) in [4.78, 5) is 5.34. The van der Waals surface area contributed by atoms with Gasteiger partial charge in [0.25, 0.3) is 0 Å². The fourth-order valence-electron chi connectivity index (χ4n) is 1.81. The van der Waals surface area contributed by atoms with Crippen molar-refractivity contribution in [3.63, 3.8) is 0 Å². The number of nitrogens with one attached hydrogen (secondary N) is 1. The fraction of sp³-hybridized carbons (Fsp3) is 0.467. The topological polar surface area (TPSA) is 37.8 Å². The molecule has 0 fully saturated rings. The third-order valence-corrected chi connectivity index (χ3v) is 4.78. The predicted molar refractivity (Wildman–Crippen MR) is 86.4 cm³/mol. The van der Waals surface area contributed by atoms with Gasteiger partial charge in [-0.3, -0.25) is 0 Å². The number of benzene rings is 1. The highest BCUT2D eigenvalue weighted by Crippen LogP contribution is 2.32. The Hall–Kier alpha value is -0.980. The summed E-state index contributed by atoms with van der Waals surface area (Å²) >= 11 is 2.86. The quantitative estimate of drug-likeness (QED) is 0.830. The molecular weight excluding hydrogens is 305 g/mol. The maximum absolute atomic E-state index is 14.1. The van der Waals surface area contributed by atoms with E-state index >= 15 is 0 Å². The van der Waals surface area contributed by atoms with Crippen molar-refractivity contribution in [2.24, 2.45) is 5.92 Å². The summed E-state index contributed by atoms with van der Waals surface area (Å²) in [6.07, 6.45) is 0.822. The van der Waals surface area contributed by atoms with Gasteiger partial charge in [-0.05, 0) is 36.1 Å². The molecule has 0 amide bonds. The van der Waals surface area contributed by atoms with Gasteiger partial charge in [0.2, 0.25) is 0 Å². The summed E-state index contributed by atoms with van der Waals surface area (Å²) in [7, 11) is 0. The van der Waals surface area contributed by atoms with Crippen LogP contribution >= 0.6 is 23.3 Å². The van der Waals surface area contributed by atoms with Crippen LogP contribution in [0.5, 0.6) is 0 Å². The molecular formula is C15H20FN3S2. The van der Waals surface area contributed by atoms with E-state index in [9.17, 15) is 4.39 Å². The highest BCUT2D eigenvalue weighted by molar-refractivity contribution is 8.01. The molecule has 1 N–H and O–H groups in total. The maximum Gasteiger partial charge on any atom is 0.174 e. The second-order valence-corrected chi connectivity index (χ2v) is 7.21. The van der Waals surface area contributed by atoms with Crippen LogP contribution in [0.15, 0.2) is 27.4 Å². The highest BCUT2D eigenvalue weighted by atomic mass is 32.2. The Morgan fingerprint density at radius 3 is 2.86 bits per heavy atom. The lowest BCUT2D eigenvalue weighted by Gasteiger charge is -2.11. The lowest BCUT2D eigenvalue weighted by atomic mass is 10.2. The molecule has 0 aliphatic rings. The fourth-order valence-corrected chi connectivity index (χ4v) is 3.62. The standard InChI is InChI=1S/C15H20FN3S2/c1-4-14-18-15(21-19-14)20-13-7-5-6-12(16)11(13)9-17-8-10(2)3/h5-7,10,17H,4,8-9H2,1-3H3. The van der Waals surface area contributed by atoms with Gasteiger partial charge in [-0.1, -0.05) is 38.6 Å². The number of nitrogens with zero attached hydrogens (tertiary/aromatic N) is 2. The first kappa shape index (κ1) is 16.4. The first-order chi connectivity index (χ1) is 10.1. The molecule has 2 aromatic rings. The van der Waals surface area contributed by atoms with Crippen LogP contribution in [-0.4, -0.2) is 15.9 Å². The third kappa shape index (κ3) is 4.76. The molecule has 1 heterocycles. The average Bonchev–Trinajstić information content (AvgIpc) is 2.89. The van der Waals surface area contributed by atoms with Crippen molar-refractivity contribution < 1.29 is 4.39 Å². The summed E-state index contributed by atoms with van der Waals surface area (Å²) in [6, 6.07) is 5.19. The molecule has 0 atom stereocenters. The van der Waals surface area contributed by atoms with Crippen molar-refractivity contribution in [1.82, 2.24) is 14.7 Å². The summed E-state index contributed by atoms with van der Waals surface area (Å²) in [5.41, 5.74) is 0.705. The average molecular weight is 325 g/mol. The molecule has 0 unspecified atom stereocenters. The second kappa shape index (κ2) is 7.87. The van der Waals surface area contributed by atoms with Gasteiger partial charge in [-0.2, -0.15) is 4.37 Å². The van der Waals surface area contributed by atoms with Gasteiger partial charge < -0.3 is 5.32 Å². The van der Waals surface area contributed by atoms with Crippen molar-refractivity contribution in [2.45, 2.75) is 43.0 Å². The van der Waals surface area contributed by atoms with E-state index in [4.69, 9.17) is 0 Å². The second-order valence-electron chi connectivity index (χ2n) is 5.17. The molecule has 1 aromatic carbocycles. The summed E-state index contributed by atoms with van der Waals surface area (Å²) in [5.74, 6) is 1.22. The van der Waals surface area contributed by atoms with Gasteiger partial charge >= 0.3 is 0 Å². The van der Waals surface area contributed by atoms with E-state index in [0.717, 1.165) is 28.0 Å². The van der Waals surface area contributed by atoms with E-state index in [-0.39, 0.29) is 5.82 Å². The molecule has 0 aliphatic carbocycles. The monoisotopic (exact) mass is 325 g/mol. The smallest absolute Gasteiger partial charge is 0.174 e. The molecule has 0 saturated heterocycles. The van der Waals surface area contributed by atoms with E-state index in [2.05, 4.69) is 28.5 Å². The van der Waals surface area contributed by atoms with E-state index in [1.807, 2.05) is 13.0 Å². The van der Waals surface area contributed by atoms with E-state index in [0.29, 0.717) is 18.0 Å². The Balaban J connectivity index is 2.12. The zero-order valence-corrected chi connectivity index (χ0v) is 14.2. The maximum atomic E-state index is 14.1. The van der Waals surface area contributed by atoms with Gasteiger partial charge in [0.15, 0.2) is 4.34 Å². The number of rotatable bonds is 7. The minimum atomic E-state index is -0.170. The molecule has 2 rings (SSSR count). The third-order valence-electron chi connectivity index (χ3n) is 2.89. The SMILES string of the molecule is CCc1nsc(Sc2cccc(F)c2CNCC(C)C)n1. The van der Waals surface area contributed by atoms with Crippen molar-refractivity contribution in [3.8, 4) is 0 Å². The zero-order valence-electron chi connectivity index (χ0n) is 12.5. The molecule has 0 saturated carbocycles. The van der Waals surface area contributed by atoms with Crippen LogP contribution < -0.4 is 5.32 Å². The Bertz CT molecular complexity index is 584. The minimum Gasteiger partial charge on any atom is -0.312 e. The number of halogens is 1. The Kier molecular flexibility index (Phi) is 6.14. The van der Waals surface area contributed by atoms with Crippen molar-refractivity contribution in [1.29, 1.82) is 0 Å². The molecule has 114 valence electrons. The van der Waals surface area contributed by atoms with Crippen LogP contribution in [0.2, 0.25) is 0 Å². The molecule has 0 bridgehead atoms. The van der Waals surface area contributed by atoms with Crippen LogP contribution in [0.3, 0.4) is 0 Å². The first-order valence-electron chi connectivity index (χ1n) is 7.08. The van der Waals surface area contributed by atoms with Crippen LogP contribution in [0.4, 0.5) is 4.39 Å². The van der Waals surface area contributed by atoms with E-state index < -0.39 is 0 Å². The normalized spacial score (nSPS) is 11.3. The minimum absolute atomic E-state index is 0.170. The van der Waals surface area contributed by atoms with Crippen LogP contribution in [0.1, 0.15) is 32.2 Å². The van der Waals surface area contributed by atoms with Crippen molar-refractivity contribution in [2.75, 3.05) is 6.54 Å².